The Labute approximate surface area is 123 Å². The second kappa shape index (κ2) is 5.99. The van der Waals surface area contributed by atoms with E-state index in [1.54, 1.807) is 0 Å². The minimum atomic E-state index is -0.696. The number of hydrogen-bond donors (Lipinski definition) is 1. The molecule has 1 rings (SSSR count). The predicted molar refractivity (Wildman–Crippen MR) is 84.2 cm³/mol. The molecule has 0 saturated carbocycles. The molecule has 0 heterocycles. The van der Waals surface area contributed by atoms with E-state index < -0.39 is 11.4 Å². The lowest BCUT2D eigenvalue weighted by Gasteiger charge is -2.27. The van der Waals surface area contributed by atoms with Gasteiger partial charge in [-0.3, -0.25) is 4.79 Å². The molecule has 2 atom stereocenters. The van der Waals surface area contributed by atoms with Crippen molar-refractivity contribution in [1.29, 1.82) is 0 Å². The van der Waals surface area contributed by atoms with Crippen molar-refractivity contribution >= 4 is 5.97 Å². The number of carboxylic acids is 1. The van der Waals surface area contributed by atoms with Crippen molar-refractivity contribution in [3.8, 4) is 0 Å². The molecule has 0 amide bonds. The molecule has 2 heteroatoms. The Hall–Kier alpha value is -1.31. The number of aliphatic carboxylic acids is 1. The third-order valence-corrected chi connectivity index (χ3v) is 4.40. The van der Waals surface area contributed by atoms with Crippen LogP contribution < -0.4 is 0 Å². The molecule has 1 aromatic rings. The van der Waals surface area contributed by atoms with Gasteiger partial charge in [-0.05, 0) is 42.2 Å². The number of rotatable bonds is 5. The Morgan fingerprint density at radius 3 is 2.00 bits per heavy atom. The van der Waals surface area contributed by atoms with Gasteiger partial charge in [-0.1, -0.05) is 58.9 Å². The molecule has 0 fully saturated rings. The molecule has 20 heavy (non-hydrogen) atoms. The molecular weight excluding hydrogens is 248 g/mol. The van der Waals surface area contributed by atoms with Gasteiger partial charge in [0.25, 0.3) is 0 Å². The maximum atomic E-state index is 11.4. The molecule has 0 aliphatic heterocycles. The molecule has 0 saturated heterocycles. The molecule has 2 unspecified atom stereocenters. The summed E-state index contributed by atoms with van der Waals surface area (Å²) < 4.78 is 0. The van der Waals surface area contributed by atoms with Gasteiger partial charge in [0.2, 0.25) is 0 Å². The monoisotopic (exact) mass is 276 g/mol. The van der Waals surface area contributed by atoms with E-state index in [-0.39, 0.29) is 11.3 Å². The highest BCUT2D eigenvalue weighted by Crippen LogP contribution is 2.35. The molecule has 0 aromatic heterocycles. The van der Waals surface area contributed by atoms with Crippen molar-refractivity contribution in [3.05, 3.63) is 35.4 Å². The minimum Gasteiger partial charge on any atom is -0.481 e. The zero-order chi connectivity index (χ0) is 15.6. The average molecular weight is 276 g/mol. The van der Waals surface area contributed by atoms with Crippen LogP contribution in [-0.2, 0) is 10.2 Å². The van der Waals surface area contributed by atoms with Gasteiger partial charge in [-0.25, -0.2) is 0 Å². The van der Waals surface area contributed by atoms with Crippen LogP contribution in [0.25, 0.3) is 0 Å². The number of carbonyl (C=O) groups is 1. The van der Waals surface area contributed by atoms with Gasteiger partial charge >= 0.3 is 5.97 Å². The fraction of sp³-hybridized carbons (Fsp3) is 0.611. The zero-order valence-electron chi connectivity index (χ0n) is 13.7. The first-order valence-corrected chi connectivity index (χ1v) is 7.44. The van der Waals surface area contributed by atoms with E-state index in [0.29, 0.717) is 12.8 Å². The summed E-state index contributed by atoms with van der Waals surface area (Å²) in [6.45, 7) is 12.5. The van der Waals surface area contributed by atoms with Crippen LogP contribution >= 0.6 is 0 Å². The summed E-state index contributed by atoms with van der Waals surface area (Å²) in [6.07, 6.45) is 1.33. The van der Waals surface area contributed by atoms with E-state index >= 15 is 0 Å². The van der Waals surface area contributed by atoms with Gasteiger partial charge in [0.05, 0.1) is 5.41 Å². The highest BCUT2D eigenvalue weighted by Gasteiger charge is 2.33. The van der Waals surface area contributed by atoms with Gasteiger partial charge in [0, 0.05) is 0 Å². The first-order chi connectivity index (χ1) is 9.10. The van der Waals surface area contributed by atoms with Crippen LogP contribution in [0.4, 0.5) is 0 Å². The fourth-order valence-corrected chi connectivity index (χ4v) is 2.49. The Morgan fingerprint density at radius 1 is 1.15 bits per heavy atom. The van der Waals surface area contributed by atoms with Gasteiger partial charge in [0.15, 0.2) is 0 Å². The lowest BCUT2D eigenvalue weighted by Crippen LogP contribution is -2.28. The zero-order valence-corrected chi connectivity index (χ0v) is 13.7. The molecule has 0 radical (unpaired) electrons. The van der Waals surface area contributed by atoms with Crippen LogP contribution in [0, 0.1) is 5.41 Å². The van der Waals surface area contributed by atoms with Crippen LogP contribution in [-0.4, -0.2) is 11.1 Å². The summed E-state index contributed by atoms with van der Waals surface area (Å²) in [7, 11) is 0. The molecule has 2 nitrogen and oxygen atoms in total. The Kier molecular flexibility index (Phi) is 5.01. The summed E-state index contributed by atoms with van der Waals surface area (Å²) in [5.74, 6) is -0.441. The first-order valence-electron chi connectivity index (χ1n) is 7.44. The topological polar surface area (TPSA) is 37.3 Å². The second-order valence-electron chi connectivity index (χ2n) is 7.20. The SMILES string of the molecule is CCC(C)(CC(C)c1ccc(C(C)(C)C)cc1)C(=O)O. The lowest BCUT2D eigenvalue weighted by atomic mass is 9.77. The lowest BCUT2D eigenvalue weighted by molar-refractivity contribution is -0.148. The van der Waals surface area contributed by atoms with E-state index in [1.807, 2.05) is 13.8 Å². The van der Waals surface area contributed by atoms with Crippen LogP contribution in [0.3, 0.4) is 0 Å². The quantitative estimate of drug-likeness (QED) is 0.823. The molecule has 0 aliphatic carbocycles. The minimum absolute atomic E-state index is 0.154. The first kappa shape index (κ1) is 16.7. The van der Waals surface area contributed by atoms with Crippen molar-refractivity contribution in [3.63, 3.8) is 0 Å². The highest BCUT2D eigenvalue weighted by molar-refractivity contribution is 5.74. The van der Waals surface area contributed by atoms with Crippen LogP contribution in [0.15, 0.2) is 24.3 Å². The molecular formula is C18H28O2. The van der Waals surface area contributed by atoms with E-state index in [9.17, 15) is 9.90 Å². The van der Waals surface area contributed by atoms with Gasteiger partial charge in [0.1, 0.15) is 0 Å². The van der Waals surface area contributed by atoms with E-state index in [2.05, 4.69) is 52.0 Å². The Balaban J connectivity index is 2.88. The number of hydrogen-bond acceptors (Lipinski definition) is 1. The molecule has 0 aliphatic rings. The van der Waals surface area contributed by atoms with Gasteiger partial charge in [-0.2, -0.15) is 0 Å². The maximum absolute atomic E-state index is 11.4. The van der Waals surface area contributed by atoms with E-state index in [4.69, 9.17) is 0 Å². The predicted octanol–water partition coefficient (Wildman–Crippen LogP) is 4.98. The van der Waals surface area contributed by atoms with Crippen molar-refractivity contribution in [2.75, 3.05) is 0 Å². The molecule has 1 aromatic carbocycles. The smallest absolute Gasteiger partial charge is 0.309 e. The average Bonchev–Trinajstić information content (AvgIpc) is 2.37. The highest BCUT2D eigenvalue weighted by atomic mass is 16.4. The molecule has 0 spiro atoms. The summed E-state index contributed by atoms with van der Waals surface area (Å²) >= 11 is 0. The summed E-state index contributed by atoms with van der Waals surface area (Å²) in [5.41, 5.74) is 2.05. The van der Waals surface area contributed by atoms with Crippen molar-refractivity contribution in [2.45, 2.75) is 65.7 Å². The third-order valence-electron chi connectivity index (χ3n) is 4.40. The number of carboxylic acid groups (broad SMARTS) is 1. The van der Waals surface area contributed by atoms with Crippen molar-refractivity contribution < 1.29 is 9.90 Å². The van der Waals surface area contributed by atoms with Crippen molar-refractivity contribution in [2.24, 2.45) is 5.41 Å². The third kappa shape index (κ3) is 3.84. The van der Waals surface area contributed by atoms with Gasteiger partial charge < -0.3 is 5.11 Å². The number of benzene rings is 1. The van der Waals surface area contributed by atoms with Crippen LogP contribution in [0.1, 0.15) is 71.4 Å². The van der Waals surface area contributed by atoms with Crippen molar-refractivity contribution in [1.82, 2.24) is 0 Å². The largest absolute Gasteiger partial charge is 0.481 e. The molecule has 0 bridgehead atoms. The maximum Gasteiger partial charge on any atom is 0.309 e. The fourth-order valence-electron chi connectivity index (χ4n) is 2.49. The summed E-state index contributed by atoms with van der Waals surface area (Å²) in [6, 6.07) is 8.61. The normalized spacial score (nSPS) is 16.5. The van der Waals surface area contributed by atoms with Crippen LogP contribution in [0.5, 0.6) is 0 Å². The molecule has 112 valence electrons. The Bertz CT molecular complexity index is 453. The Morgan fingerprint density at radius 2 is 1.65 bits per heavy atom. The van der Waals surface area contributed by atoms with Gasteiger partial charge in [-0.15, -0.1) is 0 Å². The summed E-state index contributed by atoms with van der Waals surface area (Å²) in [5, 5.41) is 9.38. The molecule has 1 N–H and O–H groups in total. The van der Waals surface area contributed by atoms with E-state index in [1.165, 1.54) is 11.1 Å². The van der Waals surface area contributed by atoms with Crippen LogP contribution in [0.2, 0.25) is 0 Å². The standard InChI is InChI=1S/C18H28O2/c1-7-18(6,16(19)20)12-13(2)14-8-10-15(11-9-14)17(3,4)5/h8-11,13H,7,12H2,1-6H3,(H,19,20). The summed E-state index contributed by atoms with van der Waals surface area (Å²) in [4.78, 5) is 11.4. The van der Waals surface area contributed by atoms with E-state index in [0.717, 1.165) is 0 Å². The second-order valence-corrected chi connectivity index (χ2v) is 7.20.